The van der Waals surface area contributed by atoms with Crippen LogP contribution in [0.25, 0.3) is 78.6 Å². The van der Waals surface area contributed by atoms with Gasteiger partial charge in [0.15, 0.2) is 0 Å². The molecule has 10 rings (SSSR count). The van der Waals surface area contributed by atoms with E-state index in [1.807, 2.05) is 76.2 Å². The highest BCUT2D eigenvalue weighted by Crippen LogP contribution is 2.46. The first-order chi connectivity index (χ1) is 52.3. The number of carboxylic acid groups (broad SMARTS) is 3. The van der Waals surface area contributed by atoms with E-state index in [2.05, 4.69) is 107 Å². The Hall–Kier alpha value is -10.1. The van der Waals surface area contributed by atoms with E-state index in [0.717, 1.165) is 135 Å². The van der Waals surface area contributed by atoms with E-state index < -0.39 is 29.7 Å². The number of aromatic amines is 4. The minimum absolute atomic E-state index is 0.00833. The fraction of sp³-hybridized carbons (Fsp3) is 0.465. The summed E-state index contributed by atoms with van der Waals surface area (Å²) in [5, 5.41) is 52.2. The Kier molecular flexibility index (Phi) is 27.5. The lowest BCUT2D eigenvalue weighted by Crippen LogP contribution is -2.42. The molecule has 0 saturated carbocycles. The van der Waals surface area contributed by atoms with Crippen LogP contribution < -0.4 is 31.9 Å². The van der Waals surface area contributed by atoms with Crippen molar-refractivity contribution in [1.29, 1.82) is 0 Å². The Morgan fingerprint density at radius 1 is 0.486 bits per heavy atom. The second-order valence-corrected chi connectivity index (χ2v) is 29.7. The van der Waals surface area contributed by atoms with Gasteiger partial charge in [0.25, 0.3) is 0 Å². The van der Waals surface area contributed by atoms with Crippen molar-refractivity contribution in [3.63, 3.8) is 0 Å². The Balaban J connectivity index is 0.875. The highest BCUT2D eigenvalue weighted by Gasteiger charge is 2.36. The zero-order chi connectivity index (χ0) is 78.5. The summed E-state index contributed by atoms with van der Waals surface area (Å²) in [5.74, 6) is -5.59. The van der Waals surface area contributed by atoms with Gasteiger partial charge in [0, 0.05) is 142 Å². The topological polar surface area (TPSA) is 350 Å². The molecule has 6 aromatic heterocycles. The van der Waals surface area contributed by atoms with Crippen LogP contribution in [0.5, 0.6) is 0 Å². The van der Waals surface area contributed by atoms with Crippen molar-refractivity contribution < 1.29 is 44.1 Å². The molecule has 0 saturated heterocycles. The van der Waals surface area contributed by atoms with E-state index in [1.165, 1.54) is 0 Å². The van der Waals surface area contributed by atoms with Gasteiger partial charge >= 0.3 is 17.9 Å². The van der Waals surface area contributed by atoms with Gasteiger partial charge < -0.3 is 67.2 Å². The van der Waals surface area contributed by atoms with E-state index in [4.69, 9.17) is 19.9 Å². The van der Waals surface area contributed by atoms with Gasteiger partial charge in [-0.1, -0.05) is 86.1 Å². The number of amides is 3. The van der Waals surface area contributed by atoms with Gasteiger partial charge in [-0.25, -0.2) is 19.6 Å². The molecule has 0 fully saturated rings. The molecule has 10 heterocycles. The molecule has 580 valence electrons. The van der Waals surface area contributed by atoms with Crippen molar-refractivity contribution >= 4 is 114 Å². The summed E-state index contributed by atoms with van der Waals surface area (Å²) < 4.78 is 0. The van der Waals surface area contributed by atoms with Gasteiger partial charge in [0.1, 0.15) is 0 Å². The Labute approximate surface area is 639 Å². The van der Waals surface area contributed by atoms with E-state index in [0.29, 0.717) is 126 Å². The molecule has 4 aliphatic rings. The Morgan fingerprint density at radius 3 is 1.33 bits per heavy atom. The van der Waals surface area contributed by atoms with Crippen molar-refractivity contribution in [2.24, 2.45) is 0 Å². The van der Waals surface area contributed by atoms with Crippen LogP contribution in [0.4, 0.5) is 0 Å². The summed E-state index contributed by atoms with van der Waals surface area (Å²) in [4.78, 5) is 118. The first-order valence-corrected chi connectivity index (χ1v) is 39.2. The standard InChI is InChI=1S/C86H112N14O9/c1-15-21-30-87-33-35-90-76(102)37-61-81-59(50(11)67(97-81)39-63-46(7)55(17-3)71(93-63)41-65-48(9)57(19-5)73(95-65)43-69-52(13)79(85(106)107)83(61)99-69)26-28-75(101)92-54(45-89-31-22-16-2)25-23-24-32-88-34-36-91-77(103)38-62-82-60(27-29-78(104)105)51(12)68(98-82)40-64-47(8)56(18-4)72(94-64)42-66-49(10)58(20-6)74(96-66)44-70-53(14)80(86(108)109)84(62)100-70/h17-18,39-44,50-51,54,59-60,87-89,93-94,99-100H,3-4,15-16,19-38,45H2,1-2,5-14H3,(H,90,102)(H,91,103)(H,92,101)(H,104,105)(H,106,107)(H,108,109)/t50-,51-,54?,59-,60-/m0/s1. The number of fused-ring (bicyclic) bond motifs is 16. The summed E-state index contributed by atoms with van der Waals surface area (Å²) in [6, 6.07) is 11.6. The van der Waals surface area contributed by atoms with Crippen molar-refractivity contribution in [3.05, 3.63) is 151 Å². The number of H-pyrrole nitrogens is 4. The molecule has 23 heteroatoms. The first kappa shape index (κ1) is 81.4. The molecule has 0 aliphatic carbocycles. The van der Waals surface area contributed by atoms with Gasteiger partial charge in [-0.05, 0) is 193 Å². The predicted molar refractivity (Wildman–Crippen MR) is 437 cm³/mol. The Bertz CT molecular complexity index is 4930. The maximum Gasteiger partial charge on any atom is 0.338 e. The fourth-order valence-electron chi connectivity index (χ4n) is 16.1. The van der Waals surface area contributed by atoms with Crippen LogP contribution in [0.15, 0.2) is 49.6 Å². The molecule has 23 nitrogen and oxygen atoms in total. The SMILES string of the molecule is C=Cc1c(C)c2cc3nc(c(CC(=O)NCCNCCCCC(CNCCCC)NC(=O)CC[C@@H]4c5nc(cc6[nH]c(cc7nc(cc8[nH]c(c5CC(=O)NCCNCCCC)c(C(=O)O)c8C)C(CC)=C7C)c(C=C)c6C)[C@H]4C)c4[nH]c(cc5nc(cc1[nH]2)C(C)=C5CC)c(C)c4C(=O)O)[C@@H](CCC(=O)O)[C@@H]3C. The number of nitrogens with one attached hydrogen (secondary N) is 10. The minimum Gasteiger partial charge on any atom is -0.481 e. The summed E-state index contributed by atoms with van der Waals surface area (Å²) in [6.45, 7) is 36.9. The highest BCUT2D eigenvalue weighted by atomic mass is 16.4. The van der Waals surface area contributed by atoms with Crippen LogP contribution in [0.2, 0.25) is 0 Å². The molecule has 4 aliphatic heterocycles. The van der Waals surface area contributed by atoms with Gasteiger partial charge in [-0.3, -0.25) is 29.1 Å². The zero-order valence-electron chi connectivity index (χ0n) is 65.8. The fourth-order valence-corrected chi connectivity index (χ4v) is 16.1. The minimum atomic E-state index is -1.19. The van der Waals surface area contributed by atoms with Crippen molar-refractivity contribution in [3.8, 4) is 0 Å². The molecular formula is C86H112N14O9. The van der Waals surface area contributed by atoms with Crippen LogP contribution >= 0.6 is 0 Å². The number of unbranched alkanes of at least 4 members (excludes halogenated alkanes) is 3. The monoisotopic (exact) mass is 1480 g/mol. The van der Waals surface area contributed by atoms with Crippen LogP contribution in [0.1, 0.15) is 273 Å². The largest absolute Gasteiger partial charge is 0.481 e. The van der Waals surface area contributed by atoms with Crippen LogP contribution in [0, 0.1) is 27.7 Å². The van der Waals surface area contributed by atoms with Crippen molar-refractivity contribution in [2.45, 2.75) is 209 Å². The van der Waals surface area contributed by atoms with Crippen LogP contribution in [-0.4, -0.2) is 149 Å². The molecule has 0 radical (unpaired) electrons. The number of carbonyl (C=O) groups is 6. The predicted octanol–water partition coefficient (Wildman–Crippen LogP) is 15.0. The molecule has 5 atom stereocenters. The summed E-state index contributed by atoms with van der Waals surface area (Å²) in [5.41, 5.74) is 19.8. The third-order valence-electron chi connectivity index (χ3n) is 22.5. The number of aliphatic carboxylic acids is 1. The molecule has 0 aromatic carbocycles. The molecule has 13 N–H and O–H groups in total. The maximum atomic E-state index is 14.6. The molecule has 1 unspecified atom stereocenters. The lowest BCUT2D eigenvalue weighted by atomic mass is 9.84. The normalized spacial score (nSPS) is 15.9. The van der Waals surface area contributed by atoms with Gasteiger partial charge in [-0.2, -0.15) is 0 Å². The molecule has 16 bridgehead atoms. The number of allylic oxidation sites excluding steroid dienone is 4. The lowest BCUT2D eigenvalue weighted by Gasteiger charge is -2.22. The number of aromatic carboxylic acids is 2. The van der Waals surface area contributed by atoms with Gasteiger partial charge in [0.05, 0.1) is 69.2 Å². The second kappa shape index (κ2) is 36.9. The molecule has 0 spiro atoms. The number of carbonyl (C=O) groups excluding carboxylic acids is 3. The number of rotatable bonds is 36. The number of aromatic nitrogens is 8. The third-order valence-corrected chi connectivity index (χ3v) is 22.5. The third kappa shape index (κ3) is 18.5. The molecule has 6 aromatic rings. The Morgan fingerprint density at radius 2 is 0.908 bits per heavy atom. The summed E-state index contributed by atoms with van der Waals surface area (Å²) in [7, 11) is 0. The first-order valence-electron chi connectivity index (χ1n) is 39.2. The highest BCUT2D eigenvalue weighted by molar-refractivity contribution is 6.05. The summed E-state index contributed by atoms with van der Waals surface area (Å²) >= 11 is 0. The van der Waals surface area contributed by atoms with Gasteiger partial charge in [0.2, 0.25) is 17.7 Å². The van der Waals surface area contributed by atoms with E-state index in [1.54, 1.807) is 13.8 Å². The quantitative estimate of drug-likeness (QED) is 0.0163. The number of hydrogen-bond acceptors (Lipinski definition) is 13. The lowest BCUT2D eigenvalue weighted by molar-refractivity contribution is -0.137. The number of aryl methyl sites for hydroxylation is 4. The maximum absolute atomic E-state index is 14.6. The van der Waals surface area contributed by atoms with Gasteiger partial charge in [-0.15, -0.1) is 0 Å². The average Bonchev–Trinajstić information content (AvgIpc) is 1.61. The van der Waals surface area contributed by atoms with E-state index >= 15 is 0 Å². The van der Waals surface area contributed by atoms with E-state index in [-0.39, 0.29) is 90.9 Å². The van der Waals surface area contributed by atoms with Crippen LogP contribution in [0.3, 0.4) is 0 Å². The number of carboxylic acids is 3. The van der Waals surface area contributed by atoms with E-state index in [9.17, 15) is 44.1 Å². The van der Waals surface area contributed by atoms with Crippen LogP contribution in [-0.2, 0) is 32.0 Å². The zero-order valence-corrected chi connectivity index (χ0v) is 65.8. The van der Waals surface area contributed by atoms with Crippen molar-refractivity contribution in [1.82, 2.24) is 71.8 Å². The molecule has 3 amide bonds. The molecular weight excluding hydrogens is 1370 g/mol. The smallest absolute Gasteiger partial charge is 0.338 e. The molecule has 109 heavy (non-hydrogen) atoms. The number of nitrogens with zero attached hydrogens (tertiary/aromatic N) is 4. The van der Waals surface area contributed by atoms with Crippen molar-refractivity contribution in [2.75, 3.05) is 52.4 Å². The average molecular weight is 1490 g/mol. The summed E-state index contributed by atoms with van der Waals surface area (Å²) in [6.07, 6.45) is 11.3. The second-order valence-electron chi connectivity index (χ2n) is 29.7. The number of hydrogen-bond donors (Lipinski definition) is 13.